The molecular weight excluding hydrogens is 421 g/mol. The minimum absolute atomic E-state index is 0.0146. The van der Waals surface area contributed by atoms with Crippen molar-refractivity contribution in [2.45, 2.75) is 30.3 Å². The largest absolute Gasteiger partial charge is 0.468 e. The van der Waals surface area contributed by atoms with Crippen LogP contribution in [0.1, 0.15) is 30.9 Å². The molecule has 0 bridgehead atoms. The molecule has 0 aliphatic carbocycles. The SMILES string of the molecule is COCCC(=O)N1CCC[C@@H](c2nc(SCC(=O)OC)ncc2-c2ccc(F)cc2)C1. The van der Waals surface area contributed by atoms with E-state index in [9.17, 15) is 14.0 Å². The maximum atomic E-state index is 13.4. The number of esters is 1. The number of aromatic nitrogens is 2. The molecule has 7 nitrogen and oxygen atoms in total. The highest BCUT2D eigenvalue weighted by Crippen LogP contribution is 2.34. The number of piperidine rings is 1. The van der Waals surface area contributed by atoms with Gasteiger partial charge < -0.3 is 14.4 Å². The zero-order valence-electron chi connectivity index (χ0n) is 17.7. The third kappa shape index (κ3) is 6.24. The summed E-state index contributed by atoms with van der Waals surface area (Å²) in [5.74, 6) is -0.489. The van der Waals surface area contributed by atoms with E-state index in [-0.39, 0.29) is 29.4 Å². The van der Waals surface area contributed by atoms with Crippen LogP contribution >= 0.6 is 11.8 Å². The quantitative estimate of drug-likeness (QED) is 0.349. The Kier molecular flexibility index (Phi) is 8.36. The Bertz CT molecular complexity index is 910. The summed E-state index contributed by atoms with van der Waals surface area (Å²) in [5.41, 5.74) is 2.42. The Hall–Kier alpha value is -2.52. The van der Waals surface area contributed by atoms with Crippen molar-refractivity contribution < 1.29 is 23.5 Å². The van der Waals surface area contributed by atoms with Crippen LogP contribution in [0.4, 0.5) is 4.39 Å². The van der Waals surface area contributed by atoms with Gasteiger partial charge in [-0.3, -0.25) is 9.59 Å². The molecule has 2 aromatic rings. The lowest BCUT2D eigenvalue weighted by Gasteiger charge is -2.33. The van der Waals surface area contributed by atoms with Crippen molar-refractivity contribution in [1.29, 1.82) is 0 Å². The highest BCUT2D eigenvalue weighted by molar-refractivity contribution is 7.99. The average molecular weight is 448 g/mol. The number of ether oxygens (including phenoxy) is 2. The van der Waals surface area contributed by atoms with Crippen LogP contribution in [-0.2, 0) is 19.1 Å². The van der Waals surface area contributed by atoms with E-state index >= 15 is 0 Å². The molecule has 0 spiro atoms. The minimum atomic E-state index is -0.356. The summed E-state index contributed by atoms with van der Waals surface area (Å²) in [4.78, 5) is 35.0. The first kappa shape index (κ1) is 23.1. The normalized spacial score (nSPS) is 16.2. The molecule has 9 heteroatoms. The molecule has 1 aliphatic heterocycles. The van der Waals surface area contributed by atoms with Crippen LogP contribution in [0.3, 0.4) is 0 Å². The van der Waals surface area contributed by atoms with E-state index in [0.717, 1.165) is 29.7 Å². The summed E-state index contributed by atoms with van der Waals surface area (Å²) in [7, 11) is 2.92. The molecule has 0 N–H and O–H groups in total. The Labute approximate surface area is 185 Å². The number of carbonyl (C=O) groups excluding carboxylic acids is 2. The topological polar surface area (TPSA) is 81.6 Å². The zero-order chi connectivity index (χ0) is 22.2. The lowest BCUT2D eigenvalue weighted by molar-refractivity contribution is -0.137. The van der Waals surface area contributed by atoms with Crippen molar-refractivity contribution in [1.82, 2.24) is 14.9 Å². The third-order valence-electron chi connectivity index (χ3n) is 5.18. The number of hydrogen-bond donors (Lipinski definition) is 0. The predicted octanol–water partition coefficient (Wildman–Crippen LogP) is 3.29. The monoisotopic (exact) mass is 447 g/mol. The van der Waals surface area contributed by atoms with E-state index in [1.807, 2.05) is 4.90 Å². The summed E-state index contributed by atoms with van der Waals surface area (Å²) < 4.78 is 23.2. The number of carbonyl (C=O) groups is 2. The van der Waals surface area contributed by atoms with Gasteiger partial charge in [-0.05, 0) is 30.5 Å². The number of amides is 1. The van der Waals surface area contributed by atoms with Gasteiger partial charge in [0.15, 0.2) is 5.16 Å². The molecule has 3 rings (SSSR count). The molecule has 1 atom stereocenters. The number of thioether (sulfide) groups is 1. The van der Waals surface area contributed by atoms with Crippen LogP contribution in [-0.4, -0.2) is 66.4 Å². The van der Waals surface area contributed by atoms with E-state index in [4.69, 9.17) is 14.5 Å². The van der Waals surface area contributed by atoms with Gasteiger partial charge in [-0.15, -0.1) is 0 Å². The van der Waals surface area contributed by atoms with Crippen LogP contribution < -0.4 is 0 Å². The summed E-state index contributed by atoms with van der Waals surface area (Å²) in [6.45, 7) is 1.65. The van der Waals surface area contributed by atoms with Crippen molar-refractivity contribution in [2.24, 2.45) is 0 Å². The molecule has 166 valence electrons. The summed E-state index contributed by atoms with van der Waals surface area (Å²) in [6.07, 6.45) is 3.79. The van der Waals surface area contributed by atoms with Gasteiger partial charge in [0.1, 0.15) is 5.82 Å². The van der Waals surface area contributed by atoms with Crippen LogP contribution in [0.2, 0.25) is 0 Å². The molecule has 1 saturated heterocycles. The zero-order valence-corrected chi connectivity index (χ0v) is 18.5. The van der Waals surface area contributed by atoms with Crippen molar-refractivity contribution >= 4 is 23.6 Å². The van der Waals surface area contributed by atoms with Crippen molar-refractivity contribution in [3.63, 3.8) is 0 Å². The van der Waals surface area contributed by atoms with Crippen molar-refractivity contribution in [3.05, 3.63) is 42.0 Å². The van der Waals surface area contributed by atoms with Crippen LogP contribution in [0.25, 0.3) is 11.1 Å². The molecular formula is C22H26FN3O4S. The van der Waals surface area contributed by atoms with Crippen LogP contribution in [0.15, 0.2) is 35.6 Å². The fraction of sp³-hybridized carbons (Fsp3) is 0.455. The first-order valence-corrected chi connectivity index (χ1v) is 11.1. The second kappa shape index (κ2) is 11.2. The minimum Gasteiger partial charge on any atom is -0.468 e. The lowest BCUT2D eigenvalue weighted by Crippen LogP contribution is -2.39. The summed E-state index contributed by atoms with van der Waals surface area (Å²) >= 11 is 1.20. The van der Waals surface area contributed by atoms with Gasteiger partial charge in [-0.25, -0.2) is 14.4 Å². The molecule has 1 aromatic heterocycles. The first-order valence-electron chi connectivity index (χ1n) is 10.1. The van der Waals surface area contributed by atoms with Gasteiger partial charge in [0, 0.05) is 37.9 Å². The van der Waals surface area contributed by atoms with E-state index < -0.39 is 0 Å². The number of hydrogen-bond acceptors (Lipinski definition) is 7. The van der Waals surface area contributed by atoms with Gasteiger partial charge in [0.2, 0.25) is 5.91 Å². The summed E-state index contributed by atoms with van der Waals surface area (Å²) in [5, 5.41) is 0.467. The van der Waals surface area contributed by atoms with Crippen LogP contribution in [0.5, 0.6) is 0 Å². The second-order valence-electron chi connectivity index (χ2n) is 7.24. The summed E-state index contributed by atoms with van der Waals surface area (Å²) in [6, 6.07) is 6.20. The standard InChI is InChI=1S/C22H26FN3O4S/c1-29-11-9-19(27)26-10-3-4-16(13-26)21-18(15-5-7-17(23)8-6-15)12-24-22(25-21)31-14-20(28)30-2/h5-8,12,16H,3-4,9-11,13-14H2,1-2H3/t16-/m1/s1. The molecule has 2 heterocycles. The van der Waals surface area contributed by atoms with Gasteiger partial charge in [0.25, 0.3) is 0 Å². The Balaban J connectivity index is 1.89. The molecule has 0 saturated carbocycles. The Morgan fingerprint density at radius 2 is 2.03 bits per heavy atom. The number of nitrogens with zero attached hydrogens (tertiary/aromatic N) is 3. The predicted molar refractivity (Wildman–Crippen MR) is 115 cm³/mol. The first-order chi connectivity index (χ1) is 15.0. The van der Waals surface area contributed by atoms with Gasteiger partial charge in [0.05, 0.1) is 31.6 Å². The maximum absolute atomic E-state index is 13.4. The van der Waals surface area contributed by atoms with Gasteiger partial charge in [-0.1, -0.05) is 23.9 Å². The van der Waals surface area contributed by atoms with E-state index in [1.54, 1.807) is 25.4 Å². The third-order valence-corrected chi connectivity index (χ3v) is 6.01. The van der Waals surface area contributed by atoms with Crippen molar-refractivity contribution in [2.75, 3.05) is 39.7 Å². The number of methoxy groups -OCH3 is 2. The van der Waals surface area contributed by atoms with E-state index in [2.05, 4.69) is 4.98 Å². The molecule has 0 unspecified atom stereocenters. The number of benzene rings is 1. The molecule has 0 radical (unpaired) electrons. The van der Waals surface area contributed by atoms with Gasteiger partial charge >= 0.3 is 5.97 Å². The Morgan fingerprint density at radius 1 is 1.26 bits per heavy atom. The molecule has 1 fully saturated rings. The Morgan fingerprint density at radius 3 is 2.74 bits per heavy atom. The number of rotatable bonds is 8. The molecule has 1 aliphatic rings. The fourth-order valence-electron chi connectivity index (χ4n) is 3.57. The molecule has 31 heavy (non-hydrogen) atoms. The van der Waals surface area contributed by atoms with Crippen LogP contribution in [0, 0.1) is 5.82 Å². The van der Waals surface area contributed by atoms with Crippen molar-refractivity contribution in [3.8, 4) is 11.1 Å². The highest BCUT2D eigenvalue weighted by Gasteiger charge is 2.28. The lowest BCUT2D eigenvalue weighted by atomic mass is 9.90. The maximum Gasteiger partial charge on any atom is 0.316 e. The van der Waals surface area contributed by atoms with Gasteiger partial charge in [-0.2, -0.15) is 0 Å². The molecule has 1 amide bonds. The fourth-order valence-corrected chi connectivity index (χ4v) is 4.22. The smallest absolute Gasteiger partial charge is 0.316 e. The highest BCUT2D eigenvalue weighted by atomic mass is 32.2. The average Bonchev–Trinajstić information content (AvgIpc) is 2.81. The molecule has 1 aromatic carbocycles. The van der Waals surface area contributed by atoms with E-state index in [1.165, 1.54) is 31.0 Å². The number of halogens is 1. The number of likely N-dealkylation sites (tertiary alicyclic amines) is 1. The van der Waals surface area contributed by atoms with E-state index in [0.29, 0.717) is 31.3 Å². The second-order valence-corrected chi connectivity index (χ2v) is 8.19.